The molecule has 0 amide bonds. The minimum atomic E-state index is -3.48. The van der Waals surface area contributed by atoms with Gasteiger partial charge in [-0.2, -0.15) is 0 Å². The van der Waals surface area contributed by atoms with Crippen LogP contribution in [0.15, 0.2) is 16.6 Å². The molecule has 0 heterocycles. The van der Waals surface area contributed by atoms with Crippen molar-refractivity contribution in [3.63, 3.8) is 0 Å². The van der Waals surface area contributed by atoms with Gasteiger partial charge in [-0.3, -0.25) is 0 Å². The number of ether oxygens (including phenoxy) is 2. The second kappa shape index (κ2) is 7.47. The van der Waals surface area contributed by atoms with Crippen molar-refractivity contribution in [2.24, 2.45) is 0 Å². The molecular formula is C12H16BrClO4S. The van der Waals surface area contributed by atoms with E-state index in [1.54, 1.807) is 0 Å². The smallest absolute Gasteiger partial charge is 0.234 e. The van der Waals surface area contributed by atoms with Crippen LogP contribution in [0.25, 0.3) is 0 Å². The Bertz CT molecular complexity index is 508. The highest BCUT2D eigenvalue weighted by molar-refractivity contribution is 9.10. The first-order chi connectivity index (χ1) is 8.79. The maximum absolute atomic E-state index is 10.6. The number of rotatable bonds is 7. The Morgan fingerprint density at radius 2 is 1.74 bits per heavy atom. The van der Waals surface area contributed by atoms with Crippen molar-refractivity contribution in [2.45, 2.75) is 13.8 Å². The van der Waals surface area contributed by atoms with Gasteiger partial charge in [-0.25, -0.2) is 8.42 Å². The van der Waals surface area contributed by atoms with Gasteiger partial charge in [0, 0.05) is 15.2 Å². The Hall–Kier alpha value is -0.300. The van der Waals surface area contributed by atoms with Crippen LogP contribution >= 0.6 is 26.6 Å². The molecule has 0 aliphatic rings. The molecule has 0 atom stereocenters. The Morgan fingerprint density at radius 3 is 2.26 bits per heavy atom. The van der Waals surface area contributed by atoms with Crippen molar-refractivity contribution in [3.8, 4) is 5.75 Å². The standard InChI is InChI=1S/C12H16BrClO4S/c1-9-7-11(8-10(2)12(9)13)18-4-3-17-5-6-19(14,15)16/h7-8H,3-6H2,1-2H3. The van der Waals surface area contributed by atoms with Gasteiger partial charge in [-0.05, 0) is 37.1 Å². The van der Waals surface area contributed by atoms with Crippen LogP contribution in [0.3, 0.4) is 0 Å². The third-order valence-corrected chi connectivity index (χ3v) is 4.75. The number of aryl methyl sites for hydroxylation is 2. The van der Waals surface area contributed by atoms with E-state index >= 15 is 0 Å². The number of benzene rings is 1. The number of hydrogen-bond donors (Lipinski definition) is 0. The van der Waals surface area contributed by atoms with Crippen LogP contribution in [0.2, 0.25) is 0 Å². The predicted octanol–water partition coefficient (Wildman–Crippen LogP) is 3.03. The van der Waals surface area contributed by atoms with Gasteiger partial charge in [0.2, 0.25) is 9.05 Å². The quantitative estimate of drug-likeness (QED) is 0.546. The number of hydrogen-bond acceptors (Lipinski definition) is 4. The van der Waals surface area contributed by atoms with Gasteiger partial charge < -0.3 is 9.47 Å². The van der Waals surface area contributed by atoms with Crippen molar-refractivity contribution in [2.75, 3.05) is 25.6 Å². The van der Waals surface area contributed by atoms with E-state index in [1.165, 1.54) is 0 Å². The molecule has 0 spiro atoms. The van der Waals surface area contributed by atoms with Crippen LogP contribution in [-0.4, -0.2) is 34.0 Å². The highest BCUT2D eigenvalue weighted by Crippen LogP contribution is 2.26. The zero-order chi connectivity index (χ0) is 14.5. The summed E-state index contributed by atoms with van der Waals surface area (Å²) in [6, 6.07) is 3.86. The summed E-state index contributed by atoms with van der Waals surface area (Å²) in [6.45, 7) is 4.74. The van der Waals surface area contributed by atoms with Gasteiger partial charge in [0.15, 0.2) is 0 Å². The first-order valence-electron chi connectivity index (χ1n) is 5.69. The lowest BCUT2D eigenvalue weighted by atomic mass is 10.1. The zero-order valence-electron chi connectivity index (χ0n) is 10.8. The van der Waals surface area contributed by atoms with Gasteiger partial charge in [0.1, 0.15) is 12.4 Å². The highest BCUT2D eigenvalue weighted by atomic mass is 79.9. The third-order valence-electron chi connectivity index (χ3n) is 2.38. The molecule has 0 aliphatic carbocycles. The lowest BCUT2D eigenvalue weighted by molar-refractivity contribution is 0.111. The normalized spacial score (nSPS) is 11.6. The molecule has 7 heteroatoms. The Kier molecular flexibility index (Phi) is 6.59. The fraction of sp³-hybridized carbons (Fsp3) is 0.500. The third kappa shape index (κ3) is 6.61. The maximum atomic E-state index is 10.6. The lowest BCUT2D eigenvalue weighted by Gasteiger charge is -2.10. The molecule has 0 saturated heterocycles. The van der Waals surface area contributed by atoms with E-state index < -0.39 is 9.05 Å². The summed E-state index contributed by atoms with van der Waals surface area (Å²) in [5.74, 6) is 0.581. The molecule has 0 N–H and O–H groups in total. The summed E-state index contributed by atoms with van der Waals surface area (Å²) >= 11 is 3.48. The molecule has 0 aliphatic heterocycles. The summed E-state index contributed by atoms with van der Waals surface area (Å²) in [6.07, 6.45) is 0. The van der Waals surface area contributed by atoms with Crippen molar-refractivity contribution >= 4 is 35.7 Å². The second-order valence-corrected chi connectivity index (χ2v) is 7.76. The lowest BCUT2D eigenvalue weighted by Crippen LogP contribution is -2.12. The fourth-order valence-corrected chi connectivity index (χ4v) is 2.20. The van der Waals surface area contributed by atoms with Gasteiger partial charge in [0.25, 0.3) is 0 Å². The molecule has 0 saturated carbocycles. The van der Waals surface area contributed by atoms with Crippen molar-refractivity contribution in [1.29, 1.82) is 0 Å². The molecule has 19 heavy (non-hydrogen) atoms. The molecule has 0 bridgehead atoms. The average molecular weight is 372 g/mol. The van der Waals surface area contributed by atoms with E-state index in [0.29, 0.717) is 13.2 Å². The molecule has 0 aromatic heterocycles. The molecule has 1 aromatic carbocycles. The molecule has 108 valence electrons. The summed E-state index contributed by atoms with van der Waals surface area (Å²) < 4.78 is 33.0. The second-order valence-electron chi connectivity index (χ2n) is 4.07. The van der Waals surface area contributed by atoms with Crippen LogP contribution in [0, 0.1) is 13.8 Å². The Morgan fingerprint density at radius 1 is 1.16 bits per heavy atom. The Labute approximate surface area is 126 Å². The van der Waals surface area contributed by atoms with Crippen LogP contribution in [0.4, 0.5) is 0 Å². The van der Waals surface area contributed by atoms with Crippen molar-refractivity contribution < 1.29 is 17.9 Å². The van der Waals surface area contributed by atoms with Gasteiger partial charge >= 0.3 is 0 Å². The monoisotopic (exact) mass is 370 g/mol. The first-order valence-corrected chi connectivity index (χ1v) is 8.96. The average Bonchev–Trinajstić information content (AvgIpc) is 2.29. The van der Waals surface area contributed by atoms with Crippen LogP contribution in [-0.2, 0) is 13.8 Å². The van der Waals surface area contributed by atoms with Crippen molar-refractivity contribution in [1.82, 2.24) is 0 Å². The van der Waals surface area contributed by atoms with Crippen LogP contribution < -0.4 is 4.74 Å². The van der Waals surface area contributed by atoms with Crippen LogP contribution in [0.1, 0.15) is 11.1 Å². The van der Waals surface area contributed by atoms with Crippen molar-refractivity contribution in [3.05, 3.63) is 27.7 Å². The molecule has 4 nitrogen and oxygen atoms in total. The zero-order valence-corrected chi connectivity index (χ0v) is 13.9. The minimum absolute atomic E-state index is 0.0770. The molecule has 0 fully saturated rings. The fourth-order valence-electron chi connectivity index (χ4n) is 1.47. The predicted molar refractivity (Wildman–Crippen MR) is 79.6 cm³/mol. The topological polar surface area (TPSA) is 52.6 Å². The number of halogens is 2. The van der Waals surface area contributed by atoms with Crippen LogP contribution in [0.5, 0.6) is 5.75 Å². The summed E-state index contributed by atoms with van der Waals surface area (Å²) in [4.78, 5) is 0. The minimum Gasteiger partial charge on any atom is -0.491 e. The van der Waals surface area contributed by atoms with Gasteiger partial charge in [-0.1, -0.05) is 15.9 Å². The largest absolute Gasteiger partial charge is 0.491 e. The maximum Gasteiger partial charge on any atom is 0.234 e. The Balaban J connectivity index is 2.30. The van der Waals surface area contributed by atoms with E-state index in [1.807, 2.05) is 26.0 Å². The van der Waals surface area contributed by atoms with Gasteiger partial charge in [-0.15, -0.1) is 0 Å². The molecule has 1 aromatic rings. The van der Waals surface area contributed by atoms with Gasteiger partial charge in [0.05, 0.1) is 19.0 Å². The summed E-state index contributed by atoms with van der Waals surface area (Å²) in [7, 11) is 1.57. The summed E-state index contributed by atoms with van der Waals surface area (Å²) in [5.41, 5.74) is 2.20. The SMILES string of the molecule is Cc1cc(OCCOCCS(=O)(=O)Cl)cc(C)c1Br. The molecule has 0 radical (unpaired) electrons. The molecular weight excluding hydrogens is 356 g/mol. The van der Waals surface area contributed by atoms with E-state index in [2.05, 4.69) is 15.9 Å². The van der Waals surface area contributed by atoms with E-state index in [4.69, 9.17) is 20.2 Å². The van der Waals surface area contributed by atoms with E-state index in [-0.39, 0.29) is 12.4 Å². The highest BCUT2D eigenvalue weighted by Gasteiger charge is 2.05. The van der Waals surface area contributed by atoms with E-state index in [9.17, 15) is 8.42 Å². The first kappa shape index (κ1) is 16.8. The van der Waals surface area contributed by atoms with E-state index in [0.717, 1.165) is 21.3 Å². The molecule has 1 rings (SSSR count). The molecule has 0 unspecified atom stereocenters. The summed E-state index contributed by atoms with van der Waals surface area (Å²) in [5, 5.41) is 0.